The number of alkyl halides is 3. The number of nitrogens with one attached hydrogen (secondary N) is 1. The van der Waals surface area contributed by atoms with Crippen molar-refractivity contribution >= 4 is 38.6 Å². The molecule has 84 valence electrons. The number of sulfonamides is 1. The van der Waals surface area contributed by atoms with Gasteiger partial charge in [0.25, 0.3) is 10.0 Å². The van der Waals surface area contributed by atoms with Crippen LogP contribution in [0.4, 0.5) is 8.78 Å². The normalized spacial score (nSPS) is 14.1. The van der Waals surface area contributed by atoms with Crippen LogP contribution in [0.1, 0.15) is 0 Å². The third-order valence-corrected chi connectivity index (χ3v) is 3.14. The first-order valence-corrected chi connectivity index (χ1v) is 6.09. The van der Waals surface area contributed by atoms with E-state index in [-0.39, 0.29) is 0 Å². The molecule has 0 aromatic rings. The van der Waals surface area contributed by atoms with Crippen LogP contribution in [0.2, 0.25) is 0 Å². The minimum atomic E-state index is -4.63. The van der Waals surface area contributed by atoms with Gasteiger partial charge in [-0.2, -0.15) is 8.78 Å². The van der Waals surface area contributed by atoms with Crippen LogP contribution in [0.25, 0.3) is 0 Å². The van der Waals surface area contributed by atoms with E-state index >= 15 is 0 Å². The number of carbonyl (C=O) groups excluding carboxylic acids is 1. The van der Waals surface area contributed by atoms with Gasteiger partial charge in [0.2, 0.25) is 0 Å². The molecule has 9 heteroatoms. The lowest BCUT2D eigenvalue weighted by Crippen LogP contribution is -2.36. The van der Waals surface area contributed by atoms with E-state index in [9.17, 15) is 22.0 Å². The van der Waals surface area contributed by atoms with Gasteiger partial charge in [-0.3, -0.25) is 4.79 Å². The molecule has 0 aromatic carbocycles. The summed E-state index contributed by atoms with van der Waals surface area (Å²) in [6.07, 6.45) is 0. The van der Waals surface area contributed by atoms with E-state index in [2.05, 4.69) is 4.74 Å². The summed E-state index contributed by atoms with van der Waals surface area (Å²) in [6, 6.07) is 0. The second kappa shape index (κ2) is 5.75. The predicted molar refractivity (Wildman–Crippen MR) is 52.8 cm³/mol. The Kier molecular flexibility index (Phi) is 5.74. The van der Waals surface area contributed by atoms with Crippen molar-refractivity contribution in [2.24, 2.45) is 0 Å². The SMILES string of the molecule is COC(=O)C(I)CNS(=O)(=O)C(F)F. The minimum absolute atomic E-state index is 0.417. The van der Waals surface area contributed by atoms with Gasteiger partial charge in [0.1, 0.15) is 3.92 Å². The average molecular weight is 343 g/mol. The molecule has 0 aromatic heterocycles. The molecule has 0 amide bonds. The summed E-state index contributed by atoms with van der Waals surface area (Å²) >= 11 is 1.58. The first-order chi connectivity index (χ1) is 6.31. The van der Waals surface area contributed by atoms with Gasteiger partial charge in [-0.25, -0.2) is 13.1 Å². The zero-order valence-corrected chi connectivity index (χ0v) is 10.0. The zero-order valence-electron chi connectivity index (χ0n) is 7.04. The lowest BCUT2D eigenvalue weighted by molar-refractivity contribution is -0.139. The standard InChI is InChI=1S/C5H8F2INO4S/c1-13-4(10)3(8)2-9-14(11,12)5(6)7/h3,5,9H,2H2,1H3. The molecule has 14 heavy (non-hydrogen) atoms. The number of carbonyl (C=O) groups is 1. The fourth-order valence-electron chi connectivity index (χ4n) is 0.464. The van der Waals surface area contributed by atoms with E-state index < -0.39 is 32.2 Å². The van der Waals surface area contributed by atoms with Gasteiger partial charge in [0, 0.05) is 6.54 Å². The van der Waals surface area contributed by atoms with Crippen molar-refractivity contribution in [3.63, 3.8) is 0 Å². The van der Waals surface area contributed by atoms with Crippen LogP contribution >= 0.6 is 22.6 Å². The van der Waals surface area contributed by atoms with Crippen LogP contribution in [0.5, 0.6) is 0 Å². The van der Waals surface area contributed by atoms with E-state index in [0.717, 1.165) is 7.11 Å². The number of esters is 1. The van der Waals surface area contributed by atoms with Gasteiger partial charge in [0.05, 0.1) is 7.11 Å². The number of ether oxygens (including phenoxy) is 1. The van der Waals surface area contributed by atoms with Crippen LogP contribution in [-0.4, -0.2) is 37.7 Å². The Hall–Kier alpha value is -0.0300. The second-order valence-electron chi connectivity index (χ2n) is 2.14. The van der Waals surface area contributed by atoms with Crippen molar-refractivity contribution in [2.45, 2.75) is 9.68 Å². The molecule has 0 bridgehead atoms. The van der Waals surface area contributed by atoms with Crippen molar-refractivity contribution in [1.29, 1.82) is 0 Å². The summed E-state index contributed by atoms with van der Waals surface area (Å²) in [5.41, 5.74) is 0. The molecule has 0 rings (SSSR count). The predicted octanol–water partition coefficient (Wildman–Crippen LogP) is 0.105. The lowest BCUT2D eigenvalue weighted by Gasteiger charge is -2.08. The zero-order chi connectivity index (χ0) is 11.4. The second-order valence-corrected chi connectivity index (χ2v) is 5.38. The Morgan fingerprint density at radius 1 is 1.57 bits per heavy atom. The highest BCUT2D eigenvalue weighted by Gasteiger charge is 2.26. The summed E-state index contributed by atoms with van der Waals surface area (Å²) in [5.74, 6) is -4.17. The first-order valence-electron chi connectivity index (χ1n) is 3.29. The van der Waals surface area contributed by atoms with E-state index in [1.165, 1.54) is 0 Å². The maximum atomic E-state index is 11.8. The molecule has 0 fully saturated rings. The molecule has 0 saturated heterocycles. The molecular weight excluding hydrogens is 335 g/mol. The minimum Gasteiger partial charge on any atom is -0.468 e. The van der Waals surface area contributed by atoms with Crippen LogP contribution in [0.3, 0.4) is 0 Å². The monoisotopic (exact) mass is 343 g/mol. The summed E-state index contributed by atoms with van der Waals surface area (Å²) in [4.78, 5) is 10.7. The fourth-order valence-corrected chi connectivity index (χ4v) is 1.76. The van der Waals surface area contributed by atoms with Gasteiger partial charge >= 0.3 is 11.7 Å². The van der Waals surface area contributed by atoms with E-state index in [0.29, 0.717) is 0 Å². The summed E-state index contributed by atoms with van der Waals surface area (Å²) in [6.45, 7) is -0.417. The Morgan fingerprint density at radius 2 is 2.07 bits per heavy atom. The third-order valence-electron chi connectivity index (χ3n) is 1.16. The molecule has 0 heterocycles. The Balaban J connectivity index is 4.14. The molecule has 0 radical (unpaired) electrons. The molecule has 1 atom stereocenters. The highest BCUT2D eigenvalue weighted by atomic mass is 127. The van der Waals surface area contributed by atoms with Gasteiger partial charge in [-0.1, -0.05) is 22.6 Å². The van der Waals surface area contributed by atoms with Crippen molar-refractivity contribution in [1.82, 2.24) is 4.72 Å². The smallest absolute Gasteiger partial charge is 0.350 e. The summed E-state index contributed by atoms with van der Waals surface area (Å²) in [5, 5.41) is 0. The summed E-state index contributed by atoms with van der Waals surface area (Å²) < 4.78 is 49.6. The van der Waals surface area contributed by atoms with Crippen LogP contribution in [0, 0.1) is 0 Å². The maximum absolute atomic E-state index is 11.8. The molecule has 5 nitrogen and oxygen atoms in total. The van der Waals surface area contributed by atoms with Crippen molar-refractivity contribution in [2.75, 3.05) is 13.7 Å². The molecule has 0 spiro atoms. The number of methoxy groups -OCH3 is 1. The molecule has 1 unspecified atom stereocenters. The number of hydrogen-bond donors (Lipinski definition) is 1. The van der Waals surface area contributed by atoms with Crippen LogP contribution in [-0.2, 0) is 19.6 Å². The van der Waals surface area contributed by atoms with Gasteiger partial charge in [-0.05, 0) is 0 Å². The first kappa shape index (κ1) is 14.0. The van der Waals surface area contributed by atoms with Crippen molar-refractivity contribution in [3.05, 3.63) is 0 Å². The van der Waals surface area contributed by atoms with Gasteiger partial charge in [-0.15, -0.1) is 0 Å². The number of hydrogen-bond acceptors (Lipinski definition) is 4. The Bertz CT molecular complexity index is 294. The van der Waals surface area contributed by atoms with Gasteiger partial charge in [0.15, 0.2) is 0 Å². The number of rotatable bonds is 5. The van der Waals surface area contributed by atoms with E-state index in [1.54, 1.807) is 27.3 Å². The molecule has 1 N–H and O–H groups in total. The highest BCUT2D eigenvalue weighted by Crippen LogP contribution is 2.05. The van der Waals surface area contributed by atoms with E-state index in [4.69, 9.17) is 0 Å². The Morgan fingerprint density at radius 3 is 2.43 bits per heavy atom. The van der Waals surface area contributed by atoms with Crippen molar-refractivity contribution in [3.8, 4) is 0 Å². The quantitative estimate of drug-likeness (QED) is 0.437. The summed E-state index contributed by atoms with van der Waals surface area (Å²) in [7, 11) is -3.51. The number of halogens is 3. The van der Waals surface area contributed by atoms with E-state index in [1.807, 2.05) is 0 Å². The highest BCUT2D eigenvalue weighted by molar-refractivity contribution is 14.1. The fraction of sp³-hybridized carbons (Fsp3) is 0.800. The maximum Gasteiger partial charge on any atom is 0.350 e. The van der Waals surface area contributed by atoms with Crippen molar-refractivity contribution < 1.29 is 26.7 Å². The van der Waals surface area contributed by atoms with Gasteiger partial charge < -0.3 is 4.74 Å². The van der Waals surface area contributed by atoms with Crippen LogP contribution < -0.4 is 4.72 Å². The largest absolute Gasteiger partial charge is 0.468 e. The topological polar surface area (TPSA) is 72.5 Å². The molecule has 0 aliphatic carbocycles. The lowest BCUT2D eigenvalue weighted by atomic mass is 10.4. The molecule has 0 saturated carbocycles. The van der Waals surface area contributed by atoms with Crippen LogP contribution in [0.15, 0.2) is 0 Å². The third kappa shape index (κ3) is 4.46. The molecule has 0 aliphatic rings. The molecular formula is C5H8F2INO4S. The molecule has 0 aliphatic heterocycles. The Labute approximate surface area is 93.4 Å². The average Bonchev–Trinajstić information content (AvgIpc) is 2.12.